The van der Waals surface area contributed by atoms with Crippen molar-refractivity contribution >= 4 is 11.6 Å². The number of hydrogen-bond donors (Lipinski definition) is 1. The summed E-state index contributed by atoms with van der Waals surface area (Å²) < 4.78 is 0. The minimum Gasteiger partial charge on any atom is -0.391 e. The first-order valence-corrected chi connectivity index (χ1v) is 6.17. The summed E-state index contributed by atoms with van der Waals surface area (Å²) in [6.45, 7) is 3.76. The van der Waals surface area contributed by atoms with Crippen LogP contribution in [0, 0.1) is 5.92 Å². The molecule has 1 amide bonds. The highest BCUT2D eigenvalue weighted by Crippen LogP contribution is 2.27. The molecule has 2 rings (SSSR count). The van der Waals surface area contributed by atoms with Crippen LogP contribution >= 0.6 is 0 Å². The Kier molecular flexibility index (Phi) is 3.28. The van der Waals surface area contributed by atoms with E-state index in [1.165, 1.54) is 5.01 Å². The summed E-state index contributed by atoms with van der Waals surface area (Å²) >= 11 is 0. The Bertz CT molecular complexity index is 314. The minimum atomic E-state index is -0.409. The van der Waals surface area contributed by atoms with Gasteiger partial charge in [0.25, 0.3) is 5.91 Å². The highest BCUT2D eigenvalue weighted by molar-refractivity contribution is 6.06. The van der Waals surface area contributed by atoms with E-state index in [9.17, 15) is 9.90 Å². The van der Waals surface area contributed by atoms with Crippen LogP contribution in [-0.4, -0.2) is 33.9 Å². The lowest BCUT2D eigenvalue weighted by Crippen LogP contribution is -2.42. The molecule has 4 nitrogen and oxygen atoms in total. The molecule has 3 atom stereocenters. The third-order valence-electron chi connectivity index (χ3n) is 3.75. The summed E-state index contributed by atoms with van der Waals surface area (Å²) in [5.41, 5.74) is 0.862. The number of rotatable bonds is 1. The largest absolute Gasteiger partial charge is 0.391 e. The van der Waals surface area contributed by atoms with E-state index in [2.05, 4.69) is 5.10 Å². The maximum Gasteiger partial charge on any atom is 0.251 e. The second-order valence-electron chi connectivity index (χ2n) is 4.92. The van der Waals surface area contributed by atoms with E-state index < -0.39 is 6.10 Å². The van der Waals surface area contributed by atoms with Crippen LogP contribution in [-0.2, 0) is 4.79 Å². The Balaban J connectivity index is 2.14. The average Bonchev–Trinajstić information content (AvgIpc) is 2.47. The standard InChI is InChI=1S/C12H20N2O2/c1-8-9(2)13-14(12(8)16)10-6-4-3-5-7-11(10)15/h8,10-11,15H,3-7H2,1-2H3. The van der Waals surface area contributed by atoms with Crippen LogP contribution < -0.4 is 0 Å². The third-order valence-corrected chi connectivity index (χ3v) is 3.75. The molecule has 0 aromatic carbocycles. The van der Waals surface area contributed by atoms with Gasteiger partial charge in [0.2, 0.25) is 0 Å². The molecule has 0 bridgehead atoms. The summed E-state index contributed by atoms with van der Waals surface area (Å²) in [6, 6.07) is -0.102. The van der Waals surface area contributed by atoms with Crippen molar-refractivity contribution in [2.24, 2.45) is 11.0 Å². The molecular weight excluding hydrogens is 204 g/mol. The fourth-order valence-electron chi connectivity index (χ4n) is 2.47. The molecule has 90 valence electrons. The third kappa shape index (κ3) is 1.98. The summed E-state index contributed by atoms with van der Waals surface area (Å²) in [6.07, 6.45) is 4.53. The molecule has 3 unspecified atom stereocenters. The van der Waals surface area contributed by atoms with Crippen molar-refractivity contribution < 1.29 is 9.90 Å². The Hall–Kier alpha value is -0.900. The summed E-state index contributed by atoms with van der Waals surface area (Å²) in [5.74, 6) is -0.0705. The SMILES string of the molecule is CC1=NN(C2CCCCCC2O)C(=O)C1C. The van der Waals surface area contributed by atoms with Gasteiger partial charge in [-0.3, -0.25) is 4.79 Å². The van der Waals surface area contributed by atoms with Crippen LogP contribution in [0.25, 0.3) is 0 Å². The maximum absolute atomic E-state index is 12.0. The number of nitrogens with zero attached hydrogens (tertiary/aromatic N) is 2. The molecule has 16 heavy (non-hydrogen) atoms. The number of carbonyl (C=O) groups is 1. The topological polar surface area (TPSA) is 52.9 Å². The van der Waals surface area contributed by atoms with Gasteiger partial charge in [-0.05, 0) is 26.7 Å². The van der Waals surface area contributed by atoms with Crippen molar-refractivity contribution in [1.82, 2.24) is 5.01 Å². The molecular formula is C12H20N2O2. The van der Waals surface area contributed by atoms with Gasteiger partial charge in [0.1, 0.15) is 0 Å². The Morgan fingerprint density at radius 1 is 1.31 bits per heavy atom. The lowest BCUT2D eigenvalue weighted by molar-refractivity contribution is -0.136. The quantitative estimate of drug-likeness (QED) is 0.687. The first-order valence-electron chi connectivity index (χ1n) is 6.17. The molecule has 1 heterocycles. The van der Waals surface area contributed by atoms with Crippen LogP contribution in [0.5, 0.6) is 0 Å². The van der Waals surface area contributed by atoms with Crippen molar-refractivity contribution in [3.05, 3.63) is 0 Å². The van der Waals surface area contributed by atoms with E-state index >= 15 is 0 Å². The smallest absolute Gasteiger partial charge is 0.251 e. The maximum atomic E-state index is 12.0. The summed E-state index contributed by atoms with van der Waals surface area (Å²) in [5, 5.41) is 15.9. The van der Waals surface area contributed by atoms with Crippen LogP contribution in [0.2, 0.25) is 0 Å². The highest BCUT2D eigenvalue weighted by Gasteiger charge is 2.37. The molecule has 0 aromatic rings. The molecule has 1 N–H and O–H groups in total. The molecule has 0 saturated heterocycles. The van der Waals surface area contributed by atoms with Crippen molar-refractivity contribution in [2.75, 3.05) is 0 Å². The first kappa shape index (κ1) is 11.6. The normalized spacial score (nSPS) is 36.2. The van der Waals surface area contributed by atoms with Gasteiger partial charge >= 0.3 is 0 Å². The van der Waals surface area contributed by atoms with Gasteiger partial charge in [0, 0.05) is 5.71 Å². The molecule has 2 aliphatic rings. The van der Waals surface area contributed by atoms with Gasteiger partial charge < -0.3 is 5.11 Å². The zero-order valence-electron chi connectivity index (χ0n) is 10.0. The van der Waals surface area contributed by atoms with Crippen LogP contribution in [0.1, 0.15) is 46.0 Å². The highest BCUT2D eigenvalue weighted by atomic mass is 16.3. The predicted octanol–water partition coefficient (Wildman–Crippen LogP) is 1.53. The van der Waals surface area contributed by atoms with Gasteiger partial charge in [-0.25, -0.2) is 5.01 Å². The van der Waals surface area contributed by atoms with E-state index in [4.69, 9.17) is 0 Å². The zero-order valence-corrected chi connectivity index (χ0v) is 10.0. The molecule has 1 fully saturated rings. The second-order valence-corrected chi connectivity index (χ2v) is 4.92. The number of aliphatic hydroxyl groups excluding tert-OH is 1. The van der Waals surface area contributed by atoms with E-state index in [1.54, 1.807) is 0 Å². The van der Waals surface area contributed by atoms with Crippen molar-refractivity contribution in [1.29, 1.82) is 0 Å². The van der Waals surface area contributed by atoms with Gasteiger partial charge in [0.05, 0.1) is 18.1 Å². The lowest BCUT2D eigenvalue weighted by Gasteiger charge is -2.27. The Morgan fingerprint density at radius 3 is 2.62 bits per heavy atom. The van der Waals surface area contributed by atoms with Crippen LogP contribution in [0.3, 0.4) is 0 Å². The zero-order chi connectivity index (χ0) is 11.7. The van der Waals surface area contributed by atoms with Crippen molar-refractivity contribution in [3.63, 3.8) is 0 Å². The molecule has 1 aliphatic heterocycles. The molecule has 0 aromatic heterocycles. The van der Waals surface area contributed by atoms with Gasteiger partial charge in [-0.2, -0.15) is 5.10 Å². The molecule has 1 aliphatic carbocycles. The molecule has 0 spiro atoms. The number of carbonyl (C=O) groups excluding carboxylic acids is 1. The van der Waals surface area contributed by atoms with Crippen LogP contribution in [0.4, 0.5) is 0 Å². The number of hydrogen-bond acceptors (Lipinski definition) is 3. The molecule has 0 radical (unpaired) electrons. The van der Waals surface area contributed by atoms with Gasteiger partial charge in [-0.15, -0.1) is 0 Å². The molecule has 1 saturated carbocycles. The lowest BCUT2D eigenvalue weighted by atomic mass is 10.0. The van der Waals surface area contributed by atoms with Crippen LogP contribution in [0.15, 0.2) is 5.10 Å². The fraction of sp³-hybridized carbons (Fsp3) is 0.833. The van der Waals surface area contributed by atoms with E-state index in [1.807, 2.05) is 13.8 Å². The van der Waals surface area contributed by atoms with Gasteiger partial charge in [0.15, 0.2) is 0 Å². The van der Waals surface area contributed by atoms with Crippen molar-refractivity contribution in [2.45, 2.75) is 58.1 Å². The van der Waals surface area contributed by atoms with Crippen molar-refractivity contribution in [3.8, 4) is 0 Å². The molecule has 4 heteroatoms. The van der Waals surface area contributed by atoms with E-state index in [0.717, 1.165) is 37.8 Å². The van der Waals surface area contributed by atoms with Gasteiger partial charge in [-0.1, -0.05) is 19.3 Å². The number of hydrazone groups is 1. The van der Waals surface area contributed by atoms with E-state index in [-0.39, 0.29) is 17.9 Å². The second kappa shape index (κ2) is 4.53. The summed E-state index contributed by atoms with van der Waals surface area (Å²) in [7, 11) is 0. The number of aliphatic hydroxyl groups is 1. The first-order chi connectivity index (χ1) is 7.61. The number of amides is 1. The average molecular weight is 224 g/mol. The predicted molar refractivity (Wildman–Crippen MR) is 62.0 cm³/mol. The monoisotopic (exact) mass is 224 g/mol. The Labute approximate surface area is 96.3 Å². The fourth-order valence-corrected chi connectivity index (χ4v) is 2.47. The summed E-state index contributed by atoms with van der Waals surface area (Å²) in [4.78, 5) is 12.0. The minimum absolute atomic E-state index is 0.0449. The Morgan fingerprint density at radius 2 is 2.00 bits per heavy atom. The van der Waals surface area contributed by atoms with E-state index in [0.29, 0.717) is 0 Å².